The first-order chi connectivity index (χ1) is 16.6. The van der Waals surface area contributed by atoms with Gasteiger partial charge in [-0.05, 0) is 60.9 Å². The molecule has 0 aromatic heterocycles. The van der Waals surface area contributed by atoms with Gasteiger partial charge in [0.15, 0.2) is 11.5 Å². The van der Waals surface area contributed by atoms with E-state index in [0.29, 0.717) is 30.9 Å². The normalized spacial score (nSPS) is 14.9. The maximum absolute atomic E-state index is 13.1. The summed E-state index contributed by atoms with van der Waals surface area (Å²) in [5, 5.41) is 2.93. The summed E-state index contributed by atoms with van der Waals surface area (Å²) in [6.07, 6.45) is 0.898. The van der Waals surface area contributed by atoms with Gasteiger partial charge in [0, 0.05) is 37.4 Å². The molecule has 0 spiro atoms. The molecule has 34 heavy (non-hydrogen) atoms. The summed E-state index contributed by atoms with van der Waals surface area (Å²) < 4.78 is 10.7. The number of hydrogen-bond donors (Lipinski definition) is 1. The number of carbonyl (C=O) groups is 2. The van der Waals surface area contributed by atoms with Gasteiger partial charge < -0.3 is 19.7 Å². The Morgan fingerprint density at radius 1 is 0.912 bits per heavy atom. The van der Waals surface area contributed by atoms with E-state index in [1.165, 1.54) is 5.56 Å². The lowest BCUT2D eigenvalue weighted by molar-refractivity contribution is 0.0951. The molecule has 1 N–H and O–H groups in total. The Hall–Kier alpha value is -4.00. The molecule has 2 heterocycles. The van der Waals surface area contributed by atoms with Crippen molar-refractivity contribution >= 4 is 17.6 Å². The van der Waals surface area contributed by atoms with E-state index in [2.05, 4.69) is 36.5 Å². The second-order valence-corrected chi connectivity index (χ2v) is 8.61. The zero-order valence-electron chi connectivity index (χ0n) is 19.1. The van der Waals surface area contributed by atoms with Crippen LogP contribution in [0.25, 0.3) is 0 Å². The smallest absolute Gasteiger partial charge is 0.324 e. The molecular weight excluding hydrogens is 430 g/mol. The maximum atomic E-state index is 13.1. The molecule has 1 saturated heterocycles. The number of fused-ring (bicyclic) bond motifs is 1. The minimum absolute atomic E-state index is 0.00756. The van der Waals surface area contributed by atoms with Crippen molar-refractivity contribution in [1.29, 1.82) is 0 Å². The van der Waals surface area contributed by atoms with Gasteiger partial charge in [0.25, 0.3) is 5.91 Å². The maximum Gasteiger partial charge on any atom is 0.324 e. The fourth-order valence-electron chi connectivity index (χ4n) is 4.21. The second-order valence-electron chi connectivity index (χ2n) is 8.61. The molecule has 7 heteroatoms. The Morgan fingerprint density at radius 3 is 2.44 bits per heavy atom. The van der Waals surface area contributed by atoms with Crippen molar-refractivity contribution in [3.05, 3.63) is 89.0 Å². The van der Waals surface area contributed by atoms with Crippen LogP contribution in [0.3, 0.4) is 0 Å². The van der Waals surface area contributed by atoms with Gasteiger partial charge in [0.05, 0.1) is 0 Å². The topological polar surface area (TPSA) is 71.1 Å². The summed E-state index contributed by atoms with van der Waals surface area (Å²) in [5.74, 6) is 1.24. The highest BCUT2D eigenvalue weighted by molar-refractivity contribution is 5.96. The van der Waals surface area contributed by atoms with Crippen LogP contribution in [0.2, 0.25) is 0 Å². The van der Waals surface area contributed by atoms with Crippen molar-refractivity contribution < 1.29 is 19.1 Å². The molecule has 174 valence electrons. The molecule has 5 rings (SSSR count). The van der Waals surface area contributed by atoms with Gasteiger partial charge in [0.1, 0.15) is 0 Å². The van der Waals surface area contributed by atoms with Crippen LogP contribution in [0.1, 0.15) is 33.5 Å². The van der Waals surface area contributed by atoms with Gasteiger partial charge in [-0.25, -0.2) is 4.79 Å². The number of nitrogens with zero attached hydrogens (tertiary/aromatic N) is 2. The number of aryl methyl sites for hydroxylation is 1. The van der Waals surface area contributed by atoms with E-state index in [4.69, 9.17) is 9.47 Å². The highest BCUT2D eigenvalue weighted by atomic mass is 16.7. The van der Waals surface area contributed by atoms with Crippen LogP contribution in [0.15, 0.2) is 66.7 Å². The standard InChI is InChI=1S/C27H27N3O4/c1-19-3-5-20(6-4-19)17-29-13-2-14-30(27(29)32)23-10-8-22(9-11-23)26(31)28-16-21-7-12-24-25(15-21)34-18-33-24/h3-12,15H,2,13-14,16-18H2,1H3,(H,28,31). The lowest BCUT2D eigenvalue weighted by Crippen LogP contribution is -2.49. The first kappa shape index (κ1) is 21.8. The van der Waals surface area contributed by atoms with Crippen molar-refractivity contribution in [2.24, 2.45) is 0 Å². The van der Waals surface area contributed by atoms with Gasteiger partial charge in [-0.15, -0.1) is 0 Å². The zero-order chi connectivity index (χ0) is 23.5. The number of urea groups is 1. The Bertz CT molecular complexity index is 1190. The number of amides is 3. The number of benzene rings is 3. The molecule has 3 amide bonds. The lowest BCUT2D eigenvalue weighted by Gasteiger charge is -2.35. The average Bonchev–Trinajstić information content (AvgIpc) is 3.33. The quantitative estimate of drug-likeness (QED) is 0.592. The molecule has 1 fully saturated rings. The van der Waals surface area contributed by atoms with Crippen LogP contribution in [0, 0.1) is 6.92 Å². The van der Waals surface area contributed by atoms with Crippen LogP contribution in [0.5, 0.6) is 11.5 Å². The lowest BCUT2D eigenvalue weighted by atomic mass is 10.1. The first-order valence-electron chi connectivity index (χ1n) is 11.5. The first-order valence-corrected chi connectivity index (χ1v) is 11.5. The Morgan fingerprint density at radius 2 is 1.65 bits per heavy atom. The number of ether oxygens (including phenoxy) is 2. The van der Waals surface area contributed by atoms with Crippen molar-refractivity contribution in [2.75, 3.05) is 24.8 Å². The minimum atomic E-state index is -0.171. The number of nitrogens with one attached hydrogen (secondary N) is 1. The number of anilines is 1. The van der Waals surface area contributed by atoms with Crippen molar-refractivity contribution in [1.82, 2.24) is 10.2 Å². The Labute approximate surface area is 198 Å². The predicted octanol–water partition coefficient (Wildman–Crippen LogP) is 4.49. The third-order valence-electron chi connectivity index (χ3n) is 6.14. The van der Waals surface area contributed by atoms with Crippen LogP contribution < -0.4 is 19.7 Å². The SMILES string of the molecule is Cc1ccc(CN2CCCN(c3ccc(C(=O)NCc4ccc5c(c4)OCO5)cc3)C2=O)cc1. The molecular formula is C27H27N3O4. The molecule has 0 unspecified atom stereocenters. The van der Waals surface area contributed by atoms with Gasteiger partial charge in [0.2, 0.25) is 6.79 Å². The molecule has 0 saturated carbocycles. The third-order valence-corrected chi connectivity index (χ3v) is 6.14. The molecule has 0 atom stereocenters. The fourth-order valence-corrected chi connectivity index (χ4v) is 4.21. The Balaban J connectivity index is 1.20. The molecule has 0 radical (unpaired) electrons. The monoisotopic (exact) mass is 457 g/mol. The van der Waals surface area contributed by atoms with Crippen LogP contribution in [-0.4, -0.2) is 36.7 Å². The Kier molecular flexibility index (Phi) is 6.08. The molecule has 2 aliphatic rings. The highest BCUT2D eigenvalue weighted by Gasteiger charge is 2.27. The fraction of sp³-hybridized carbons (Fsp3) is 0.259. The summed E-state index contributed by atoms with van der Waals surface area (Å²) >= 11 is 0. The highest BCUT2D eigenvalue weighted by Crippen LogP contribution is 2.32. The van der Waals surface area contributed by atoms with E-state index in [-0.39, 0.29) is 18.7 Å². The number of carbonyl (C=O) groups excluding carboxylic acids is 2. The molecule has 3 aromatic rings. The van der Waals surface area contributed by atoms with E-state index in [1.807, 2.05) is 35.2 Å². The number of rotatable bonds is 6. The van der Waals surface area contributed by atoms with E-state index in [1.54, 1.807) is 17.0 Å². The van der Waals surface area contributed by atoms with Crippen LogP contribution in [-0.2, 0) is 13.1 Å². The zero-order valence-corrected chi connectivity index (χ0v) is 19.1. The van der Waals surface area contributed by atoms with Crippen LogP contribution in [0.4, 0.5) is 10.5 Å². The summed E-state index contributed by atoms with van der Waals surface area (Å²) in [7, 11) is 0. The van der Waals surface area contributed by atoms with E-state index < -0.39 is 0 Å². The van der Waals surface area contributed by atoms with Crippen molar-refractivity contribution in [3.63, 3.8) is 0 Å². The predicted molar refractivity (Wildman–Crippen MR) is 129 cm³/mol. The largest absolute Gasteiger partial charge is 0.454 e. The molecule has 7 nitrogen and oxygen atoms in total. The minimum Gasteiger partial charge on any atom is -0.454 e. The molecule has 0 bridgehead atoms. The number of hydrogen-bond acceptors (Lipinski definition) is 4. The molecule has 3 aromatic carbocycles. The summed E-state index contributed by atoms with van der Waals surface area (Å²) in [5.41, 5.74) is 4.60. The van der Waals surface area contributed by atoms with E-state index in [9.17, 15) is 9.59 Å². The van der Waals surface area contributed by atoms with Crippen molar-refractivity contribution in [3.8, 4) is 11.5 Å². The van der Waals surface area contributed by atoms with Gasteiger partial charge in [-0.3, -0.25) is 9.69 Å². The van der Waals surface area contributed by atoms with Gasteiger partial charge in [-0.2, -0.15) is 0 Å². The van der Waals surface area contributed by atoms with Gasteiger partial charge in [-0.1, -0.05) is 35.9 Å². The van der Waals surface area contributed by atoms with Crippen LogP contribution >= 0.6 is 0 Å². The molecule has 2 aliphatic heterocycles. The second kappa shape index (κ2) is 9.47. The third kappa shape index (κ3) is 4.69. The summed E-state index contributed by atoms with van der Waals surface area (Å²) in [6, 6.07) is 21.1. The molecule has 0 aliphatic carbocycles. The summed E-state index contributed by atoms with van der Waals surface area (Å²) in [6.45, 7) is 4.66. The van der Waals surface area contributed by atoms with E-state index >= 15 is 0 Å². The van der Waals surface area contributed by atoms with Gasteiger partial charge >= 0.3 is 6.03 Å². The van der Waals surface area contributed by atoms with Crippen molar-refractivity contribution in [2.45, 2.75) is 26.4 Å². The summed E-state index contributed by atoms with van der Waals surface area (Å²) in [4.78, 5) is 29.4. The van der Waals surface area contributed by atoms with E-state index in [0.717, 1.165) is 35.5 Å². The average molecular weight is 458 g/mol.